The van der Waals surface area contributed by atoms with Crippen molar-refractivity contribution >= 4 is 6.08 Å². The Bertz CT molecular complexity index is 871. The minimum Gasteiger partial charge on any atom is -0.493 e. The van der Waals surface area contributed by atoms with Crippen molar-refractivity contribution in [3.8, 4) is 28.7 Å². The second kappa shape index (κ2) is 6.48. The maximum absolute atomic E-state index is 6.32. The van der Waals surface area contributed by atoms with Crippen molar-refractivity contribution in [1.29, 1.82) is 0 Å². The summed E-state index contributed by atoms with van der Waals surface area (Å²) in [6.45, 7) is 4.37. The molecule has 0 amide bonds. The quantitative estimate of drug-likeness (QED) is 0.796. The molecular weight excluding hydrogens is 332 g/mol. The molecule has 0 bridgehead atoms. The molecule has 0 fully saturated rings. The van der Waals surface area contributed by atoms with Gasteiger partial charge in [0, 0.05) is 17.0 Å². The molecule has 5 heteroatoms. The molecule has 0 radical (unpaired) electrons. The maximum atomic E-state index is 6.32. The zero-order valence-corrected chi connectivity index (χ0v) is 15.4. The standard InChI is InChI=1S/C21H22O5/c1-5-6-13-7-15-12(2)19(26-20(15)16(8-13)22-3)14-9-17(23-4)21-18(10-14)24-11-25-21/h5-10,12,19H,11H2,1-4H3/t12-,19+/m1/s1. The first-order chi connectivity index (χ1) is 12.7. The number of methoxy groups -OCH3 is 2. The van der Waals surface area contributed by atoms with Crippen molar-refractivity contribution in [2.75, 3.05) is 21.0 Å². The van der Waals surface area contributed by atoms with Crippen LogP contribution in [-0.4, -0.2) is 21.0 Å². The van der Waals surface area contributed by atoms with Crippen molar-refractivity contribution < 1.29 is 23.7 Å². The summed E-state index contributed by atoms with van der Waals surface area (Å²) in [5.41, 5.74) is 3.23. The Morgan fingerprint density at radius 1 is 1.00 bits per heavy atom. The van der Waals surface area contributed by atoms with Crippen LogP contribution in [0.15, 0.2) is 30.3 Å². The van der Waals surface area contributed by atoms with Gasteiger partial charge in [0.05, 0.1) is 14.2 Å². The molecule has 0 saturated heterocycles. The molecule has 0 unspecified atom stereocenters. The van der Waals surface area contributed by atoms with E-state index in [2.05, 4.69) is 19.1 Å². The lowest BCUT2D eigenvalue weighted by Crippen LogP contribution is -2.07. The van der Waals surface area contributed by atoms with Gasteiger partial charge in [-0.25, -0.2) is 0 Å². The van der Waals surface area contributed by atoms with Crippen molar-refractivity contribution in [2.45, 2.75) is 25.9 Å². The van der Waals surface area contributed by atoms with Crippen LogP contribution in [0.3, 0.4) is 0 Å². The van der Waals surface area contributed by atoms with E-state index >= 15 is 0 Å². The van der Waals surface area contributed by atoms with Crippen LogP contribution in [0.4, 0.5) is 0 Å². The zero-order valence-electron chi connectivity index (χ0n) is 15.4. The molecule has 2 aliphatic rings. The fraction of sp³-hybridized carbons (Fsp3) is 0.333. The lowest BCUT2D eigenvalue weighted by atomic mass is 9.91. The number of allylic oxidation sites excluding steroid dienone is 1. The summed E-state index contributed by atoms with van der Waals surface area (Å²) in [5, 5.41) is 0. The van der Waals surface area contributed by atoms with Gasteiger partial charge in [-0.3, -0.25) is 0 Å². The van der Waals surface area contributed by atoms with Crippen LogP contribution < -0.4 is 23.7 Å². The normalized spacial score (nSPS) is 20.2. The Hall–Kier alpha value is -2.82. The van der Waals surface area contributed by atoms with E-state index in [9.17, 15) is 0 Å². The number of rotatable bonds is 4. The van der Waals surface area contributed by atoms with Gasteiger partial charge in [0.2, 0.25) is 12.5 Å². The number of hydrogen-bond donors (Lipinski definition) is 0. The zero-order chi connectivity index (χ0) is 18.3. The van der Waals surface area contributed by atoms with E-state index in [1.165, 1.54) is 0 Å². The third-order valence-electron chi connectivity index (χ3n) is 4.88. The van der Waals surface area contributed by atoms with Crippen LogP contribution in [0.5, 0.6) is 28.7 Å². The van der Waals surface area contributed by atoms with Gasteiger partial charge in [-0.1, -0.05) is 19.1 Å². The first-order valence-electron chi connectivity index (χ1n) is 8.65. The maximum Gasteiger partial charge on any atom is 0.231 e. The molecule has 2 aromatic rings. The van der Waals surface area contributed by atoms with E-state index < -0.39 is 0 Å². The minimum absolute atomic E-state index is 0.150. The van der Waals surface area contributed by atoms with Crippen LogP contribution in [0.2, 0.25) is 0 Å². The molecule has 136 valence electrons. The molecule has 2 atom stereocenters. The second-order valence-corrected chi connectivity index (χ2v) is 6.43. The van der Waals surface area contributed by atoms with Crippen molar-refractivity contribution in [2.24, 2.45) is 0 Å². The van der Waals surface area contributed by atoms with Gasteiger partial charge < -0.3 is 23.7 Å². The lowest BCUT2D eigenvalue weighted by molar-refractivity contribution is 0.171. The molecule has 26 heavy (non-hydrogen) atoms. The summed E-state index contributed by atoms with van der Waals surface area (Å²) >= 11 is 0. The molecule has 0 aromatic heterocycles. The highest BCUT2D eigenvalue weighted by Crippen LogP contribution is 2.53. The first-order valence-corrected chi connectivity index (χ1v) is 8.65. The molecule has 4 rings (SSSR count). The Morgan fingerprint density at radius 3 is 2.50 bits per heavy atom. The molecule has 2 aliphatic heterocycles. The first kappa shape index (κ1) is 16.6. The van der Waals surface area contributed by atoms with Crippen LogP contribution in [0.1, 0.15) is 42.6 Å². The van der Waals surface area contributed by atoms with Gasteiger partial charge in [0.15, 0.2) is 23.0 Å². The molecule has 0 spiro atoms. The third kappa shape index (κ3) is 2.55. The fourth-order valence-corrected chi connectivity index (χ4v) is 3.61. The van der Waals surface area contributed by atoms with E-state index in [1.807, 2.05) is 31.2 Å². The van der Waals surface area contributed by atoms with Gasteiger partial charge >= 0.3 is 0 Å². The average Bonchev–Trinajstić information content (AvgIpc) is 3.25. The predicted molar refractivity (Wildman–Crippen MR) is 98.6 cm³/mol. The topological polar surface area (TPSA) is 46.2 Å². The molecular formula is C21H22O5. The molecule has 0 saturated carbocycles. The van der Waals surface area contributed by atoms with E-state index in [0.717, 1.165) is 28.2 Å². The monoisotopic (exact) mass is 354 g/mol. The fourth-order valence-electron chi connectivity index (χ4n) is 3.61. The summed E-state index contributed by atoms with van der Waals surface area (Å²) in [6, 6.07) is 8.08. The average molecular weight is 354 g/mol. The van der Waals surface area contributed by atoms with Crippen LogP contribution in [-0.2, 0) is 0 Å². The number of hydrogen-bond acceptors (Lipinski definition) is 5. The number of benzene rings is 2. The summed E-state index contributed by atoms with van der Waals surface area (Å²) in [6.07, 6.45) is 3.93. The Labute approximate surface area is 153 Å². The van der Waals surface area contributed by atoms with E-state index in [-0.39, 0.29) is 18.8 Å². The van der Waals surface area contributed by atoms with Gasteiger partial charge in [-0.05, 0) is 36.8 Å². The summed E-state index contributed by atoms with van der Waals surface area (Å²) < 4.78 is 28.4. The van der Waals surface area contributed by atoms with Crippen molar-refractivity contribution in [1.82, 2.24) is 0 Å². The highest BCUT2D eigenvalue weighted by Gasteiger charge is 2.36. The number of ether oxygens (including phenoxy) is 5. The highest BCUT2D eigenvalue weighted by molar-refractivity contribution is 5.63. The molecule has 2 heterocycles. The van der Waals surface area contributed by atoms with Crippen LogP contribution >= 0.6 is 0 Å². The summed E-state index contributed by atoms with van der Waals surface area (Å²) in [5.74, 6) is 3.70. The Morgan fingerprint density at radius 2 is 1.77 bits per heavy atom. The van der Waals surface area contributed by atoms with E-state index in [0.29, 0.717) is 17.2 Å². The van der Waals surface area contributed by atoms with Crippen LogP contribution in [0, 0.1) is 0 Å². The van der Waals surface area contributed by atoms with E-state index in [4.69, 9.17) is 23.7 Å². The second-order valence-electron chi connectivity index (χ2n) is 6.43. The Balaban J connectivity index is 1.76. The van der Waals surface area contributed by atoms with Gasteiger partial charge in [0.1, 0.15) is 6.10 Å². The third-order valence-corrected chi connectivity index (χ3v) is 4.88. The number of fused-ring (bicyclic) bond motifs is 2. The van der Waals surface area contributed by atoms with Crippen molar-refractivity contribution in [3.05, 3.63) is 47.0 Å². The lowest BCUT2D eigenvalue weighted by Gasteiger charge is -2.17. The van der Waals surface area contributed by atoms with Crippen LogP contribution in [0.25, 0.3) is 6.08 Å². The minimum atomic E-state index is -0.150. The van der Waals surface area contributed by atoms with Gasteiger partial charge in [-0.2, -0.15) is 0 Å². The summed E-state index contributed by atoms with van der Waals surface area (Å²) in [4.78, 5) is 0. The largest absolute Gasteiger partial charge is 0.493 e. The predicted octanol–water partition coefficient (Wildman–Crippen LogP) is 4.70. The van der Waals surface area contributed by atoms with Gasteiger partial charge in [0.25, 0.3) is 0 Å². The molecule has 0 aliphatic carbocycles. The molecule has 0 N–H and O–H groups in total. The van der Waals surface area contributed by atoms with Crippen molar-refractivity contribution in [3.63, 3.8) is 0 Å². The van der Waals surface area contributed by atoms with Gasteiger partial charge in [-0.15, -0.1) is 0 Å². The Kier molecular flexibility index (Phi) is 4.15. The summed E-state index contributed by atoms with van der Waals surface area (Å²) in [7, 11) is 3.29. The van der Waals surface area contributed by atoms with E-state index in [1.54, 1.807) is 14.2 Å². The SMILES string of the molecule is CC=Cc1cc(OC)c2c(c1)[C@@H](C)[C@@H](c1cc(OC)c3c(c1)OCO3)O2. The smallest absolute Gasteiger partial charge is 0.231 e. The highest BCUT2D eigenvalue weighted by atomic mass is 16.7. The molecule has 5 nitrogen and oxygen atoms in total. The molecule has 2 aromatic carbocycles.